The summed E-state index contributed by atoms with van der Waals surface area (Å²) in [7, 11) is 0. The molecule has 0 bridgehead atoms. The van der Waals surface area contributed by atoms with Crippen LogP contribution < -0.4 is 0 Å². The van der Waals surface area contributed by atoms with Gasteiger partial charge in [-0.1, -0.05) is 25.3 Å². The largest absolute Gasteiger partial charge is 0.378 e. The summed E-state index contributed by atoms with van der Waals surface area (Å²) in [4.78, 5) is 0. The second-order valence-electron chi connectivity index (χ2n) is 3.56. The van der Waals surface area contributed by atoms with Gasteiger partial charge in [-0.2, -0.15) is 0 Å². The highest BCUT2D eigenvalue weighted by Crippen LogP contribution is 2.20. The van der Waals surface area contributed by atoms with Crippen molar-refractivity contribution >= 4 is 0 Å². The van der Waals surface area contributed by atoms with Crippen molar-refractivity contribution in [2.75, 3.05) is 6.61 Å². The van der Waals surface area contributed by atoms with Crippen molar-refractivity contribution in [2.24, 2.45) is 0 Å². The number of hydrogen-bond donors (Lipinski definition) is 0. The smallest absolute Gasteiger partial charge is 0.0575 e. The van der Waals surface area contributed by atoms with E-state index in [9.17, 15) is 0 Å². The molecule has 0 heterocycles. The zero-order chi connectivity index (χ0) is 8.65. The Morgan fingerprint density at radius 3 is 2.67 bits per heavy atom. The Labute approximate surface area is 75.8 Å². The Morgan fingerprint density at radius 2 is 2.00 bits per heavy atom. The highest BCUT2D eigenvalue weighted by molar-refractivity contribution is 4.67. The molecule has 0 radical (unpaired) electrons. The normalized spacial score (nSPS) is 19.3. The van der Waals surface area contributed by atoms with Crippen LogP contribution in [0.3, 0.4) is 0 Å². The van der Waals surface area contributed by atoms with Gasteiger partial charge in [0, 0.05) is 6.61 Å². The summed E-state index contributed by atoms with van der Waals surface area (Å²) in [6, 6.07) is 0. The van der Waals surface area contributed by atoms with Crippen LogP contribution in [0, 0.1) is 0 Å². The molecule has 0 spiro atoms. The van der Waals surface area contributed by atoms with Crippen molar-refractivity contribution in [1.29, 1.82) is 0 Å². The van der Waals surface area contributed by atoms with E-state index in [-0.39, 0.29) is 0 Å². The first-order valence-electron chi connectivity index (χ1n) is 5.16. The summed E-state index contributed by atoms with van der Waals surface area (Å²) in [5.41, 5.74) is 0. The average molecular weight is 168 g/mol. The Bertz CT molecular complexity index is 114. The molecule has 1 fully saturated rings. The van der Waals surface area contributed by atoms with E-state index in [0.717, 1.165) is 19.4 Å². The maximum absolute atomic E-state index is 5.74. The van der Waals surface area contributed by atoms with Crippen molar-refractivity contribution in [3.05, 3.63) is 12.7 Å². The van der Waals surface area contributed by atoms with Gasteiger partial charge < -0.3 is 4.74 Å². The summed E-state index contributed by atoms with van der Waals surface area (Å²) in [5.74, 6) is 0. The fourth-order valence-electron chi connectivity index (χ4n) is 1.71. The number of unbranched alkanes of at least 4 members (excludes halogenated alkanes) is 1. The SMILES string of the molecule is C=CCCCOC1CCCCC1. The molecule has 1 aliphatic carbocycles. The highest BCUT2D eigenvalue weighted by Gasteiger charge is 2.12. The molecule has 0 N–H and O–H groups in total. The molecule has 0 atom stereocenters. The second kappa shape index (κ2) is 6.24. The van der Waals surface area contributed by atoms with Crippen molar-refractivity contribution in [1.82, 2.24) is 0 Å². The van der Waals surface area contributed by atoms with E-state index >= 15 is 0 Å². The van der Waals surface area contributed by atoms with Gasteiger partial charge in [-0.3, -0.25) is 0 Å². The van der Waals surface area contributed by atoms with Gasteiger partial charge in [-0.15, -0.1) is 6.58 Å². The predicted molar refractivity (Wildman–Crippen MR) is 52.3 cm³/mol. The first-order chi connectivity index (χ1) is 5.93. The van der Waals surface area contributed by atoms with Crippen LogP contribution in [0.1, 0.15) is 44.9 Å². The first-order valence-corrected chi connectivity index (χ1v) is 5.16. The minimum atomic E-state index is 0.573. The van der Waals surface area contributed by atoms with E-state index in [0.29, 0.717) is 6.10 Å². The predicted octanol–water partition coefficient (Wildman–Crippen LogP) is 3.30. The van der Waals surface area contributed by atoms with E-state index in [2.05, 4.69) is 6.58 Å². The van der Waals surface area contributed by atoms with Crippen LogP contribution in [0.25, 0.3) is 0 Å². The zero-order valence-corrected chi connectivity index (χ0v) is 7.93. The van der Waals surface area contributed by atoms with E-state index in [1.807, 2.05) is 6.08 Å². The van der Waals surface area contributed by atoms with Crippen molar-refractivity contribution in [3.63, 3.8) is 0 Å². The summed E-state index contributed by atoms with van der Waals surface area (Å²) in [6.45, 7) is 4.62. The van der Waals surface area contributed by atoms with Crippen LogP contribution in [-0.4, -0.2) is 12.7 Å². The number of rotatable bonds is 5. The van der Waals surface area contributed by atoms with Gasteiger partial charge >= 0.3 is 0 Å². The molecule has 1 saturated carbocycles. The Kier molecular flexibility index (Phi) is 5.09. The van der Waals surface area contributed by atoms with E-state index in [1.165, 1.54) is 32.1 Å². The monoisotopic (exact) mass is 168 g/mol. The zero-order valence-electron chi connectivity index (χ0n) is 7.93. The lowest BCUT2D eigenvalue weighted by Crippen LogP contribution is -2.16. The Balaban J connectivity index is 1.94. The molecular formula is C11H20O. The lowest BCUT2D eigenvalue weighted by molar-refractivity contribution is 0.0275. The number of hydrogen-bond acceptors (Lipinski definition) is 1. The molecule has 1 rings (SSSR count). The van der Waals surface area contributed by atoms with Crippen LogP contribution in [0.5, 0.6) is 0 Å². The third-order valence-electron chi connectivity index (χ3n) is 2.46. The van der Waals surface area contributed by atoms with Gasteiger partial charge in [0.25, 0.3) is 0 Å². The fraction of sp³-hybridized carbons (Fsp3) is 0.818. The molecule has 0 aromatic carbocycles. The second-order valence-corrected chi connectivity index (χ2v) is 3.56. The molecule has 1 aliphatic rings. The van der Waals surface area contributed by atoms with Gasteiger partial charge in [0.15, 0.2) is 0 Å². The summed E-state index contributed by atoms with van der Waals surface area (Å²) in [5, 5.41) is 0. The quantitative estimate of drug-likeness (QED) is 0.452. The Morgan fingerprint density at radius 1 is 1.25 bits per heavy atom. The molecule has 1 heteroatoms. The maximum Gasteiger partial charge on any atom is 0.0575 e. The molecule has 0 unspecified atom stereocenters. The topological polar surface area (TPSA) is 9.23 Å². The minimum absolute atomic E-state index is 0.573. The van der Waals surface area contributed by atoms with Crippen LogP contribution in [0.4, 0.5) is 0 Å². The fourth-order valence-corrected chi connectivity index (χ4v) is 1.71. The average Bonchev–Trinajstić information content (AvgIpc) is 2.14. The first kappa shape index (κ1) is 9.79. The molecule has 0 aliphatic heterocycles. The number of ether oxygens (including phenoxy) is 1. The van der Waals surface area contributed by atoms with Gasteiger partial charge in [-0.05, 0) is 25.7 Å². The Hall–Kier alpha value is -0.300. The van der Waals surface area contributed by atoms with Crippen LogP contribution in [0.15, 0.2) is 12.7 Å². The lowest BCUT2D eigenvalue weighted by Gasteiger charge is -2.21. The molecule has 0 aromatic rings. The molecule has 0 aromatic heterocycles. The minimum Gasteiger partial charge on any atom is -0.378 e. The van der Waals surface area contributed by atoms with Gasteiger partial charge in [0.2, 0.25) is 0 Å². The molecule has 12 heavy (non-hydrogen) atoms. The molecule has 0 saturated heterocycles. The van der Waals surface area contributed by atoms with Crippen LogP contribution >= 0.6 is 0 Å². The molecule has 0 amide bonds. The lowest BCUT2D eigenvalue weighted by atomic mass is 9.98. The van der Waals surface area contributed by atoms with Gasteiger partial charge in [0.1, 0.15) is 0 Å². The third kappa shape index (κ3) is 3.91. The van der Waals surface area contributed by atoms with Crippen LogP contribution in [-0.2, 0) is 4.74 Å². The van der Waals surface area contributed by atoms with Crippen molar-refractivity contribution < 1.29 is 4.74 Å². The van der Waals surface area contributed by atoms with Crippen LogP contribution in [0.2, 0.25) is 0 Å². The molecule has 70 valence electrons. The maximum atomic E-state index is 5.74. The van der Waals surface area contributed by atoms with E-state index in [1.54, 1.807) is 0 Å². The standard InChI is InChI=1S/C11H20O/c1-2-3-7-10-12-11-8-5-4-6-9-11/h2,11H,1,3-10H2. The highest BCUT2D eigenvalue weighted by atomic mass is 16.5. The third-order valence-corrected chi connectivity index (χ3v) is 2.46. The summed E-state index contributed by atoms with van der Waals surface area (Å²) >= 11 is 0. The number of allylic oxidation sites excluding steroid dienone is 1. The van der Waals surface area contributed by atoms with Gasteiger partial charge in [-0.25, -0.2) is 0 Å². The molecular weight excluding hydrogens is 148 g/mol. The van der Waals surface area contributed by atoms with Gasteiger partial charge in [0.05, 0.1) is 6.10 Å². The van der Waals surface area contributed by atoms with Crippen molar-refractivity contribution in [3.8, 4) is 0 Å². The van der Waals surface area contributed by atoms with Crippen molar-refractivity contribution in [2.45, 2.75) is 51.0 Å². The summed E-state index contributed by atoms with van der Waals surface area (Å²) in [6.07, 6.45) is 11.5. The van der Waals surface area contributed by atoms with E-state index in [4.69, 9.17) is 4.74 Å². The summed E-state index contributed by atoms with van der Waals surface area (Å²) < 4.78 is 5.74. The van der Waals surface area contributed by atoms with E-state index < -0.39 is 0 Å². The molecule has 1 nitrogen and oxygen atoms in total.